The monoisotopic (exact) mass is 556 g/mol. The van der Waals surface area contributed by atoms with Gasteiger partial charge < -0.3 is 20.1 Å². The molecule has 8 heteroatoms. The summed E-state index contributed by atoms with van der Waals surface area (Å²) in [6.45, 7) is 15.3. The van der Waals surface area contributed by atoms with E-state index in [0.717, 1.165) is 5.57 Å². The van der Waals surface area contributed by atoms with Gasteiger partial charge in [-0.15, -0.1) is 0 Å². The number of carbonyl (C=O) groups is 4. The maximum Gasteiger partial charge on any atom is 0.303 e. The zero-order chi connectivity index (χ0) is 30.4. The Kier molecular flexibility index (Phi) is 6.80. The summed E-state index contributed by atoms with van der Waals surface area (Å²) in [4.78, 5) is 52.0. The molecule has 3 N–H and O–H groups in total. The lowest BCUT2D eigenvalue weighted by Crippen LogP contribution is -2.64. The topological polar surface area (TPSA) is 138 Å². The Morgan fingerprint density at radius 1 is 1.07 bits per heavy atom. The maximum absolute atomic E-state index is 14.3. The first-order valence-corrected chi connectivity index (χ1v) is 14.1. The number of aliphatic hydroxyl groups is 3. The molecule has 4 rings (SSSR count). The molecule has 4 aliphatic carbocycles. The van der Waals surface area contributed by atoms with Crippen LogP contribution in [0.5, 0.6) is 0 Å². The Morgan fingerprint density at radius 3 is 2.25 bits per heavy atom. The van der Waals surface area contributed by atoms with Crippen molar-refractivity contribution in [2.75, 3.05) is 0 Å². The van der Waals surface area contributed by atoms with Crippen LogP contribution < -0.4 is 0 Å². The van der Waals surface area contributed by atoms with Crippen LogP contribution in [-0.4, -0.2) is 55.9 Å². The molecule has 0 aliphatic heterocycles. The van der Waals surface area contributed by atoms with Crippen LogP contribution in [0.2, 0.25) is 0 Å². The van der Waals surface area contributed by atoms with Gasteiger partial charge in [-0.2, -0.15) is 0 Å². The first kappa shape index (κ1) is 30.4. The van der Waals surface area contributed by atoms with Gasteiger partial charge in [0.25, 0.3) is 0 Å². The van der Waals surface area contributed by atoms with E-state index >= 15 is 0 Å². The normalized spacial score (nSPS) is 40.4. The third-order valence-corrected chi connectivity index (χ3v) is 11.2. The number of aliphatic hydroxyl groups excluding tert-OH is 2. The fourth-order valence-corrected chi connectivity index (χ4v) is 8.98. The standard InChI is InChI=1S/C32H44O8/c1-17(33)40-27(2,3)13-12-23(36)32(9,39)25-21(35)15-29(6)22-11-10-18-19(14-20(34)26(38)28(18,4)5)31(22,8)24(37)16-30(25,29)7/h10,12-14,19,21-22,25,34-35,39H,11,15-16H2,1-9H3/t19-,21-,22-,25+,29+,30+,31+,32+/m0/s1. The molecule has 0 spiro atoms. The number of rotatable bonds is 5. The van der Waals surface area contributed by atoms with Gasteiger partial charge in [0.05, 0.1) is 11.5 Å². The average Bonchev–Trinajstić information content (AvgIpc) is 3.01. The zero-order valence-electron chi connectivity index (χ0n) is 25.1. The molecule has 40 heavy (non-hydrogen) atoms. The van der Waals surface area contributed by atoms with E-state index in [0.29, 0.717) is 6.42 Å². The second-order valence-electron chi connectivity index (χ2n) is 14.4. The maximum atomic E-state index is 14.3. The molecule has 0 heterocycles. The highest BCUT2D eigenvalue weighted by molar-refractivity contribution is 6.02. The SMILES string of the molecule is CC(=O)OC(C)(C)C=CC(=O)[C@@](C)(O)[C@@H]1[C@@H](O)C[C@]2(C)[C@@H]3CC=C4[C@H](C=C(O)C(=O)C4(C)C)[C@@]3(C)C(=O)C[C@]12C. The quantitative estimate of drug-likeness (QED) is 0.260. The van der Waals surface area contributed by atoms with E-state index in [1.54, 1.807) is 27.7 Å². The lowest BCUT2D eigenvalue weighted by atomic mass is 9.39. The summed E-state index contributed by atoms with van der Waals surface area (Å²) in [5.74, 6) is -3.61. The van der Waals surface area contributed by atoms with Gasteiger partial charge in [0, 0.05) is 30.6 Å². The van der Waals surface area contributed by atoms with Gasteiger partial charge in [0.2, 0.25) is 5.78 Å². The van der Waals surface area contributed by atoms with Crippen molar-refractivity contribution in [2.45, 2.75) is 98.9 Å². The number of esters is 1. The minimum Gasteiger partial charge on any atom is -0.505 e. The molecule has 8 atom stereocenters. The molecule has 0 aromatic heterocycles. The summed E-state index contributed by atoms with van der Waals surface area (Å²) in [6.07, 6.45) is 5.89. The molecule has 2 saturated carbocycles. The van der Waals surface area contributed by atoms with Crippen LogP contribution in [0.4, 0.5) is 0 Å². The summed E-state index contributed by atoms with van der Waals surface area (Å²) in [5, 5.41) is 33.8. The molecule has 0 unspecified atom stereocenters. The summed E-state index contributed by atoms with van der Waals surface area (Å²) in [7, 11) is 0. The molecule has 220 valence electrons. The van der Waals surface area contributed by atoms with Gasteiger partial charge in [0.1, 0.15) is 17.0 Å². The number of ether oxygens (including phenoxy) is 1. The summed E-state index contributed by atoms with van der Waals surface area (Å²) >= 11 is 0. The highest BCUT2D eigenvalue weighted by Gasteiger charge is 2.74. The molecular weight excluding hydrogens is 512 g/mol. The lowest BCUT2D eigenvalue weighted by molar-refractivity contribution is -0.179. The van der Waals surface area contributed by atoms with E-state index < -0.39 is 62.6 Å². The average molecular weight is 557 g/mol. The fraction of sp³-hybridized carbons (Fsp3) is 0.688. The number of hydrogen-bond acceptors (Lipinski definition) is 8. The highest BCUT2D eigenvalue weighted by atomic mass is 16.6. The van der Waals surface area contributed by atoms with Crippen molar-refractivity contribution in [2.24, 2.45) is 39.4 Å². The van der Waals surface area contributed by atoms with Crippen molar-refractivity contribution in [1.29, 1.82) is 0 Å². The Hall–Kier alpha value is -2.58. The van der Waals surface area contributed by atoms with Crippen molar-refractivity contribution < 1.29 is 39.2 Å². The third kappa shape index (κ3) is 4.00. The van der Waals surface area contributed by atoms with Crippen LogP contribution in [0.25, 0.3) is 0 Å². The number of carbonyl (C=O) groups excluding carboxylic acids is 4. The second-order valence-corrected chi connectivity index (χ2v) is 14.4. The number of allylic oxidation sites excluding steroid dienone is 4. The van der Waals surface area contributed by atoms with Crippen LogP contribution in [-0.2, 0) is 23.9 Å². The van der Waals surface area contributed by atoms with Crippen LogP contribution in [0.3, 0.4) is 0 Å². The van der Waals surface area contributed by atoms with Gasteiger partial charge in [-0.05, 0) is 82.4 Å². The Morgan fingerprint density at radius 2 is 1.68 bits per heavy atom. The summed E-state index contributed by atoms with van der Waals surface area (Å²) in [6, 6.07) is 0. The van der Waals surface area contributed by atoms with Crippen molar-refractivity contribution in [3.05, 3.63) is 35.6 Å². The Balaban J connectivity index is 1.76. The van der Waals surface area contributed by atoms with E-state index in [1.807, 2.05) is 26.8 Å². The van der Waals surface area contributed by atoms with E-state index in [4.69, 9.17) is 4.74 Å². The van der Waals surface area contributed by atoms with Crippen LogP contribution in [0.1, 0.15) is 81.6 Å². The number of fused-ring (bicyclic) bond motifs is 5. The summed E-state index contributed by atoms with van der Waals surface area (Å²) in [5.41, 5.74) is -5.72. The van der Waals surface area contributed by atoms with Crippen LogP contribution in [0.15, 0.2) is 35.6 Å². The fourth-order valence-electron chi connectivity index (χ4n) is 8.98. The van der Waals surface area contributed by atoms with Gasteiger partial charge in [-0.1, -0.05) is 32.4 Å². The molecule has 0 bridgehead atoms. The number of Topliss-reactive ketones (excluding diaryl/α,β-unsaturated/α-hetero) is 2. The molecule has 2 fully saturated rings. The van der Waals surface area contributed by atoms with Crippen LogP contribution in [0, 0.1) is 39.4 Å². The van der Waals surface area contributed by atoms with Crippen molar-refractivity contribution in [3.8, 4) is 0 Å². The van der Waals surface area contributed by atoms with Crippen molar-refractivity contribution >= 4 is 23.3 Å². The van der Waals surface area contributed by atoms with Gasteiger partial charge in [0.15, 0.2) is 11.5 Å². The zero-order valence-corrected chi connectivity index (χ0v) is 25.1. The molecule has 4 aliphatic rings. The molecule has 0 aromatic carbocycles. The van der Waals surface area contributed by atoms with E-state index in [-0.39, 0.29) is 36.1 Å². The predicted molar refractivity (Wildman–Crippen MR) is 148 cm³/mol. The predicted octanol–water partition coefficient (Wildman–Crippen LogP) is 4.19. The molecule has 0 saturated heterocycles. The molecule has 0 amide bonds. The largest absolute Gasteiger partial charge is 0.505 e. The molecule has 0 radical (unpaired) electrons. The second kappa shape index (κ2) is 8.96. The molecule has 8 nitrogen and oxygen atoms in total. The van der Waals surface area contributed by atoms with Crippen molar-refractivity contribution in [3.63, 3.8) is 0 Å². The summed E-state index contributed by atoms with van der Waals surface area (Å²) < 4.78 is 5.22. The first-order chi connectivity index (χ1) is 18.1. The smallest absolute Gasteiger partial charge is 0.303 e. The van der Waals surface area contributed by atoms with Gasteiger partial charge in [-0.25, -0.2) is 0 Å². The van der Waals surface area contributed by atoms with E-state index in [1.165, 1.54) is 32.1 Å². The Bertz CT molecular complexity index is 1270. The minimum atomic E-state index is -2.00. The van der Waals surface area contributed by atoms with Gasteiger partial charge in [-0.3, -0.25) is 19.2 Å². The number of ketones is 3. The molecule has 0 aromatic rings. The minimum absolute atomic E-state index is 0.0249. The van der Waals surface area contributed by atoms with E-state index in [9.17, 15) is 34.5 Å². The first-order valence-electron chi connectivity index (χ1n) is 14.1. The lowest BCUT2D eigenvalue weighted by Gasteiger charge is -2.63. The Labute approximate surface area is 236 Å². The van der Waals surface area contributed by atoms with Crippen LogP contribution >= 0.6 is 0 Å². The number of hydrogen-bond donors (Lipinski definition) is 3. The molecular formula is C32H44O8. The van der Waals surface area contributed by atoms with Crippen molar-refractivity contribution in [1.82, 2.24) is 0 Å². The third-order valence-electron chi connectivity index (χ3n) is 11.2. The van der Waals surface area contributed by atoms with Gasteiger partial charge >= 0.3 is 5.97 Å². The van der Waals surface area contributed by atoms with E-state index in [2.05, 4.69) is 0 Å². The highest BCUT2D eigenvalue weighted by Crippen LogP contribution is 2.73.